The third-order valence-electron chi connectivity index (χ3n) is 5.17. The minimum atomic E-state index is -0.982. The Kier molecular flexibility index (Phi) is 15.5. The second-order valence-corrected chi connectivity index (χ2v) is 7.80. The summed E-state index contributed by atoms with van der Waals surface area (Å²) in [4.78, 5) is 41.1. The van der Waals surface area contributed by atoms with Crippen LogP contribution >= 0.6 is 0 Å². The topological polar surface area (TPSA) is 164 Å². The number of aliphatic carboxylic acids is 3. The molecule has 1 fully saturated rings. The molecule has 192 valence electrons. The Hall–Kier alpha value is -1.87. The summed E-state index contributed by atoms with van der Waals surface area (Å²) in [7, 11) is 0. The Morgan fingerprint density at radius 3 is 1.21 bits per heavy atom. The SMILES string of the molecule is O=C(O)CN1CCN(CCOCCOCCO)CCN(CC(=O)O)CCN(CC(=O)O)CC1. The molecule has 0 unspecified atom stereocenters. The van der Waals surface area contributed by atoms with Crippen molar-refractivity contribution in [3.8, 4) is 0 Å². The van der Waals surface area contributed by atoms with Crippen LogP contribution in [0.2, 0.25) is 0 Å². The fourth-order valence-electron chi connectivity index (χ4n) is 3.43. The van der Waals surface area contributed by atoms with E-state index >= 15 is 0 Å². The van der Waals surface area contributed by atoms with Crippen molar-refractivity contribution in [3.05, 3.63) is 0 Å². The smallest absolute Gasteiger partial charge is 0.317 e. The summed E-state index contributed by atoms with van der Waals surface area (Å²) < 4.78 is 10.7. The number of rotatable bonds is 14. The van der Waals surface area contributed by atoms with Gasteiger partial charge in [-0.05, 0) is 0 Å². The number of carbonyl (C=O) groups is 3. The molecular weight excluding hydrogens is 440 g/mol. The molecule has 33 heavy (non-hydrogen) atoms. The van der Waals surface area contributed by atoms with Gasteiger partial charge in [-0.25, -0.2) is 0 Å². The maximum Gasteiger partial charge on any atom is 0.317 e. The highest BCUT2D eigenvalue weighted by molar-refractivity contribution is 5.69. The van der Waals surface area contributed by atoms with E-state index in [1.807, 2.05) is 0 Å². The van der Waals surface area contributed by atoms with Crippen LogP contribution < -0.4 is 0 Å². The van der Waals surface area contributed by atoms with Gasteiger partial charge in [0.15, 0.2) is 0 Å². The monoisotopic (exact) mass is 478 g/mol. The van der Waals surface area contributed by atoms with Gasteiger partial charge in [0.1, 0.15) is 0 Å². The minimum Gasteiger partial charge on any atom is -0.480 e. The van der Waals surface area contributed by atoms with Crippen molar-refractivity contribution in [2.24, 2.45) is 0 Å². The molecule has 0 aromatic heterocycles. The predicted octanol–water partition coefficient (Wildman–Crippen LogP) is -2.51. The van der Waals surface area contributed by atoms with Gasteiger partial charge in [0, 0.05) is 58.9 Å². The normalized spacial score (nSPS) is 18.5. The Morgan fingerprint density at radius 2 is 0.879 bits per heavy atom. The van der Waals surface area contributed by atoms with Crippen LogP contribution in [0.25, 0.3) is 0 Å². The van der Waals surface area contributed by atoms with E-state index in [1.54, 1.807) is 14.7 Å². The molecule has 0 spiro atoms. The Balaban J connectivity index is 2.73. The Labute approximate surface area is 194 Å². The summed E-state index contributed by atoms with van der Waals surface area (Å²) in [6, 6.07) is 0. The van der Waals surface area contributed by atoms with Gasteiger partial charge in [-0.3, -0.25) is 34.0 Å². The number of aliphatic hydroxyl groups excluding tert-OH is 1. The number of hydrogen-bond acceptors (Lipinski definition) is 10. The van der Waals surface area contributed by atoms with E-state index in [4.69, 9.17) is 14.6 Å². The standard InChI is InChI=1S/C20H38N4O9/c25-10-12-33-14-13-32-11-9-21-1-3-22(15-18(26)27)5-7-24(17-20(30)31)8-6-23(4-2-21)16-19(28)29/h25H,1-17H2,(H,26,27)(H,28,29)(H,30,31). The van der Waals surface area contributed by atoms with Crippen LogP contribution in [0.5, 0.6) is 0 Å². The lowest BCUT2D eigenvalue weighted by atomic mass is 10.3. The van der Waals surface area contributed by atoms with Crippen molar-refractivity contribution in [2.75, 3.05) is 112 Å². The summed E-state index contributed by atoms with van der Waals surface area (Å²) in [5.41, 5.74) is 0. The lowest BCUT2D eigenvalue weighted by molar-refractivity contribution is -0.140. The van der Waals surface area contributed by atoms with Crippen LogP contribution in [-0.4, -0.2) is 170 Å². The zero-order chi connectivity index (χ0) is 24.5. The van der Waals surface area contributed by atoms with E-state index in [-0.39, 0.29) is 32.8 Å². The summed E-state index contributed by atoms with van der Waals surface area (Å²) in [6.07, 6.45) is 0. The molecule has 1 aliphatic heterocycles. The molecule has 0 amide bonds. The van der Waals surface area contributed by atoms with Gasteiger partial charge >= 0.3 is 17.9 Å². The molecule has 0 aromatic carbocycles. The van der Waals surface area contributed by atoms with E-state index in [0.717, 1.165) is 0 Å². The van der Waals surface area contributed by atoms with Gasteiger partial charge in [-0.2, -0.15) is 0 Å². The van der Waals surface area contributed by atoms with Crippen LogP contribution in [0, 0.1) is 0 Å². The lowest BCUT2D eigenvalue weighted by Gasteiger charge is -2.33. The molecule has 1 heterocycles. The van der Waals surface area contributed by atoms with Crippen LogP contribution in [0.15, 0.2) is 0 Å². The van der Waals surface area contributed by atoms with E-state index in [0.29, 0.717) is 78.7 Å². The quantitative estimate of drug-likeness (QED) is 0.194. The molecule has 0 aromatic rings. The number of aliphatic hydroxyl groups is 1. The van der Waals surface area contributed by atoms with Crippen molar-refractivity contribution in [1.29, 1.82) is 0 Å². The molecule has 13 heteroatoms. The van der Waals surface area contributed by atoms with Crippen molar-refractivity contribution in [1.82, 2.24) is 19.6 Å². The molecule has 0 atom stereocenters. The Bertz CT molecular complexity index is 550. The highest BCUT2D eigenvalue weighted by atomic mass is 16.5. The van der Waals surface area contributed by atoms with Crippen molar-refractivity contribution in [2.45, 2.75) is 0 Å². The van der Waals surface area contributed by atoms with Crippen LogP contribution in [0.3, 0.4) is 0 Å². The van der Waals surface area contributed by atoms with E-state index < -0.39 is 17.9 Å². The summed E-state index contributed by atoms with van der Waals surface area (Å²) in [5, 5.41) is 36.4. The van der Waals surface area contributed by atoms with Gasteiger partial charge in [-0.15, -0.1) is 0 Å². The fraction of sp³-hybridized carbons (Fsp3) is 0.850. The first kappa shape index (κ1) is 29.2. The first-order valence-electron chi connectivity index (χ1n) is 11.1. The molecular formula is C20H38N4O9. The van der Waals surface area contributed by atoms with E-state index in [2.05, 4.69) is 4.90 Å². The maximum atomic E-state index is 11.3. The molecule has 1 saturated heterocycles. The fourth-order valence-corrected chi connectivity index (χ4v) is 3.43. The molecule has 0 radical (unpaired) electrons. The van der Waals surface area contributed by atoms with Gasteiger partial charge in [-0.1, -0.05) is 0 Å². The minimum absolute atomic E-state index is 0.0401. The van der Waals surface area contributed by atoms with Crippen LogP contribution in [0.4, 0.5) is 0 Å². The summed E-state index contributed by atoms with van der Waals surface area (Å²) in [5.74, 6) is -2.88. The second-order valence-electron chi connectivity index (χ2n) is 7.80. The second kappa shape index (κ2) is 17.6. The maximum absolute atomic E-state index is 11.3. The van der Waals surface area contributed by atoms with E-state index in [1.165, 1.54) is 0 Å². The number of carboxylic acids is 3. The first-order chi connectivity index (χ1) is 15.8. The Morgan fingerprint density at radius 1 is 0.545 bits per heavy atom. The van der Waals surface area contributed by atoms with E-state index in [9.17, 15) is 29.7 Å². The van der Waals surface area contributed by atoms with Crippen LogP contribution in [0.1, 0.15) is 0 Å². The van der Waals surface area contributed by atoms with Crippen molar-refractivity contribution in [3.63, 3.8) is 0 Å². The average Bonchev–Trinajstić information content (AvgIpc) is 2.73. The largest absolute Gasteiger partial charge is 0.480 e. The highest BCUT2D eigenvalue weighted by Gasteiger charge is 2.20. The van der Waals surface area contributed by atoms with Gasteiger partial charge in [0.25, 0.3) is 0 Å². The zero-order valence-corrected chi connectivity index (χ0v) is 19.1. The number of hydrogen-bond donors (Lipinski definition) is 4. The predicted molar refractivity (Wildman–Crippen MR) is 117 cm³/mol. The van der Waals surface area contributed by atoms with Gasteiger partial charge in [0.2, 0.25) is 0 Å². The molecule has 4 N–H and O–H groups in total. The number of ether oxygens (including phenoxy) is 2. The number of carboxylic acid groups (broad SMARTS) is 3. The average molecular weight is 479 g/mol. The summed E-state index contributed by atoms with van der Waals surface area (Å²) >= 11 is 0. The highest BCUT2D eigenvalue weighted by Crippen LogP contribution is 2.01. The molecule has 0 saturated carbocycles. The molecule has 13 nitrogen and oxygen atoms in total. The molecule has 0 bridgehead atoms. The number of nitrogens with zero attached hydrogens (tertiary/aromatic N) is 4. The van der Waals surface area contributed by atoms with Gasteiger partial charge in [0.05, 0.1) is 52.7 Å². The molecule has 1 rings (SSSR count). The molecule has 1 aliphatic rings. The zero-order valence-electron chi connectivity index (χ0n) is 19.1. The lowest BCUT2D eigenvalue weighted by Crippen LogP contribution is -2.48. The third kappa shape index (κ3) is 15.6. The van der Waals surface area contributed by atoms with Crippen molar-refractivity contribution >= 4 is 17.9 Å². The first-order valence-corrected chi connectivity index (χ1v) is 11.1. The summed E-state index contributed by atoms with van der Waals surface area (Å²) in [6.45, 7) is 5.18. The van der Waals surface area contributed by atoms with Crippen molar-refractivity contribution < 1.29 is 44.3 Å². The third-order valence-corrected chi connectivity index (χ3v) is 5.17. The van der Waals surface area contributed by atoms with Gasteiger partial charge < -0.3 is 29.9 Å². The molecule has 0 aliphatic carbocycles. The van der Waals surface area contributed by atoms with Crippen LogP contribution in [-0.2, 0) is 23.9 Å².